The van der Waals surface area contributed by atoms with Gasteiger partial charge in [-0.05, 0) is 25.1 Å². The van der Waals surface area contributed by atoms with Crippen molar-refractivity contribution >= 4 is 17.3 Å². The van der Waals surface area contributed by atoms with Crippen molar-refractivity contribution in [1.82, 2.24) is 0 Å². The molecule has 2 N–H and O–H groups in total. The number of ether oxygens (including phenoxy) is 2. The van der Waals surface area contributed by atoms with Gasteiger partial charge in [0.25, 0.3) is 0 Å². The minimum Gasteiger partial charge on any atom is -0.492 e. The van der Waals surface area contributed by atoms with Gasteiger partial charge in [0.05, 0.1) is 25.5 Å². The van der Waals surface area contributed by atoms with E-state index in [1.54, 1.807) is 6.08 Å². The van der Waals surface area contributed by atoms with E-state index in [-0.39, 0.29) is 5.91 Å². The predicted molar refractivity (Wildman–Crippen MR) is 81.4 cm³/mol. The zero-order valence-electron chi connectivity index (χ0n) is 12.1. The molecular weight excluding hydrogens is 256 g/mol. The van der Waals surface area contributed by atoms with Crippen LogP contribution in [0.15, 0.2) is 30.9 Å². The maximum absolute atomic E-state index is 11.1. The molecule has 0 spiro atoms. The van der Waals surface area contributed by atoms with E-state index in [0.717, 1.165) is 17.1 Å². The lowest BCUT2D eigenvalue weighted by molar-refractivity contribution is -0.114. The predicted octanol–water partition coefficient (Wildman–Crippen LogP) is 2.66. The second kappa shape index (κ2) is 8.98. The number of carbonyl (C=O) groups excluding carboxylic acids is 1. The number of carbonyl (C=O) groups is 1. The van der Waals surface area contributed by atoms with E-state index in [9.17, 15) is 4.79 Å². The molecule has 0 unspecified atom stereocenters. The average molecular weight is 278 g/mol. The summed E-state index contributed by atoms with van der Waals surface area (Å²) >= 11 is 0. The molecule has 1 aromatic carbocycles. The minimum absolute atomic E-state index is 0.102. The number of amides is 1. The summed E-state index contributed by atoms with van der Waals surface area (Å²) in [5, 5.41) is 5.98. The Morgan fingerprint density at radius 1 is 1.45 bits per heavy atom. The summed E-state index contributed by atoms with van der Waals surface area (Å²) in [6.07, 6.45) is 1.71. The Balaban J connectivity index is 2.67. The maximum Gasteiger partial charge on any atom is 0.221 e. The smallest absolute Gasteiger partial charge is 0.221 e. The first-order chi connectivity index (χ1) is 9.67. The summed E-state index contributed by atoms with van der Waals surface area (Å²) < 4.78 is 10.9. The zero-order chi connectivity index (χ0) is 14.8. The van der Waals surface area contributed by atoms with Gasteiger partial charge in [-0.25, -0.2) is 0 Å². The largest absolute Gasteiger partial charge is 0.492 e. The number of anilines is 2. The molecule has 0 saturated carbocycles. The van der Waals surface area contributed by atoms with Crippen molar-refractivity contribution in [3.05, 3.63) is 30.9 Å². The molecule has 0 fully saturated rings. The Bertz CT molecular complexity index is 447. The molecule has 0 radical (unpaired) electrons. The summed E-state index contributed by atoms with van der Waals surface area (Å²) in [7, 11) is 0. The Labute approximate surface area is 120 Å². The van der Waals surface area contributed by atoms with Gasteiger partial charge >= 0.3 is 0 Å². The van der Waals surface area contributed by atoms with Crippen molar-refractivity contribution in [2.45, 2.75) is 13.8 Å². The molecule has 0 aliphatic rings. The van der Waals surface area contributed by atoms with Crippen LogP contribution in [-0.4, -0.2) is 32.3 Å². The molecule has 0 saturated heterocycles. The lowest BCUT2D eigenvalue weighted by Crippen LogP contribution is -2.11. The lowest BCUT2D eigenvalue weighted by Gasteiger charge is -2.14. The molecule has 1 rings (SSSR count). The maximum atomic E-state index is 11.1. The molecule has 0 atom stereocenters. The molecule has 0 bridgehead atoms. The third-order valence-corrected chi connectivity index (χ3v) is 2.40. The fraction of sp³-hybridized carbons (Fsp3) is 0.400. The van der Waals surface area contributed by atoms with Crippen LogP contribution in [0.3, 0.4) is 0 Å². The fourth-order valence-electron chi connectivity index (χ4n) is 1.66. The van der Waals surface area contributed by atoms with Gasteiger partial charge in [0.2, 0.25) is 5.91 Å². The zero-order valence-corrected chi connectivity index (χ0v) is 12.1. The SMILES string of the molecule is C=CCOCCNc1cc(NC(C)=O)ccc1OCC. The van der Waals surface area contributed by atoms with Gasteiger partial charge in [-0.1, -0.05) is 6.08 Å². The van der Waals surface area contributed by atoms with Gasteiger partial charge in [-0.2, -0.15) is 0 Å². The van der Waals surface area contributed by atoms with Gasteiger partial charge in [-0.3, -0.25) is 4.79 Å². The number of hydrogen-bond donors (Lipinski definition) is 2. The van der Waals surface area contributed by atoms with Crippen LogP contribution in [-0.2, 0) is 9.53 Å². The van der Waals surface area contributed by atoms with Crippen LogP contribution < -0.4 is 15.4 Å². The van der Waals surface area contributed by atoms with E-state index >= 15 is 0 Å². The topological polar surface area (TPSA) is 59.6 Å². The summed E-state index contributed by atoms with van der Waals surface area (Å²) in [6.45, 7) is 9.34. The van der Waals surface area contributed by atoms with Gasteiger partial charge in [0, 0.05) is 19.2 Å². The van der Waals surface area contributed by atoms with E-state index < -0.39 is 0 Å². The number of benzene rings is 1. The molecule has 0 aromatic heterocycles. The first kappa shape index (κ1) is 16.0. The molecule has 1 aromatic rings. The van der Waals surface area contributed by atoms with E-state index in [0.29, 0.717) is 26.4 Å². The first-order valence-corrected chi connectivity index (χ1v) is 6.64. The van der Waals surface area contributed by atoms with Crippen molar-refractivity contribution in [3.8, 4) is 5.75 Å². The standard InChI is InChI=1S/C15H22N2O3/c1-4-9-19-10-8-16-14-11-13(17-12(3)18)6-7-15(14)20-5-2/h4,6-7,11,16H,1,5,8-10H2,2-3H3,(H,17,18). The Morgan fingerprint density at radius 3 is 2.90 bits per heavy atom. The molecule has 0 aliphatic carbocycles. The third-order valence-electron chi connectivity index (χ3n) is 2.40. The summed E-state index contributed by atoms with van der Waals surface area (Å²) in [5.74, 6) is 0.653. The molecular formula is C15H22N2O3. The molecule has 20 heavy (non-hydrogen) atoms. The Hall–Kier alpha value is -2.01. The summed E-state index contributed by atoms with van der Waals surface area (Å²) in [6, 6.07) is 5.49. The van der Waals surface area contributed by atoms with Crippen molar-refractivity contribution < 1.29 is 14.3 Å². The first-order valence-electron chi connectivity index (χ1n) is 6.64. The molecule has 5 heteroatoms. The molecule has 110 valence electrons. The number of nitrogens with one attached hydrogen (secondary N) is 2. The van der Waals surface area contributed by atoms with Crippen LogP contribution in [0.1, 0.15) is 13.8 Å². The Morgan fingerprint density at radius 2 is 2.25 bits per heavy atom. The Kier molecular flexibility index (Phi) is 7.21. The van der Waals surface area contributed by atoms with Gasteiger partial charge in [0.1, 0.15) is 5.75 Å². The number of hydrogen-bond acceptors (Lipinski definition) is 4. The summed E-state index contributed by atoms with van der Waals surface area (Å²) in [5.41, 5.74) is 1.57. The van der Waals surface area contributed by atoms with E-state index in [1.807, 2.05) is 25.1 Å². The van der Waals surface area contributed by atoms with Gasteiger partial charge in [0.15, 0.2) is 0 Å². The van der Waals surface area contributed by atoms with Crippen LogP contribution in [0.5, 0.6) is 5.75 Å². The van der Waals surface area contributed by atoms with Crippen LogP contribution >= 0.6 is 0 Å². The van der Waals surface area contributed by atoms with Crippen molar-refractivity contribution in [3.63, 3.8) is 0 Å². The lowest BCUT2D eigenvalue weighted by atomic mass is 10.2. The summed E-state index contributed by atoms with van der Waals surface area (Å²) in [4.78, 5) is 11.1. The quantitative estimate of drug-likeness (QED) is 0.538. The average Bonchev–Trinajstić information content (AvgIpc) is 2.41. The van der Waals surface area contributed by atoms with Gasteiger partial charge < -0.3 is 20.1 Å². The number of rotatable bonds is 9. The van der Waals surface area contributed by atoms with Crippen molar-refractivity contribution in [2.24, 2.45) is 0 Å². The van der Waals surface area contributed by atoms with Gasteiger partial charge in [-0.15, -0.1) is 6.58 Å². The normalized spacial score (nSPS) is 9.90. The van der Waals surface area contributed by atoms with Crippen LogP contribution in [0.25, 0.3) is 0 Å². The third kappa shape index (κ3) is 5.75. The van der Waals surface area contributed by atoms with Crippen molar-refractivity contribution in [1.29, 1.82) is 0 Å². The molecule has 0 heterocycles. The monoisotopic (exact) mass is 278 g/mol. The highest BCUT2D eigenvalue weighted by Gasteiger charge is 2.05. The minimum atomic E-state index is -0.102. The highest BCUT2D eigenvalue weighted by Crippen LogP contribution is 2.28. The molecule has 1 amide bonds. The molecule has 5 nitrogen and oxygen atoms in total. The van der Waals surface area contributed by atoms with E-state index in [4.69, 9.17) is 9.47 Å². The highest BCUT2D eigenvalue weighted by atomic mass is 16.5. The van der Waals surface area contributed by atoms with Crippen LogP contribution in [0, 0.1) is 0 Å². The highest BCUT2D eigenvalue weighted by molar-refractivity contribution is 5.89. The second-order valence-corrected chi connectivity index (χ2v) is 4.12. The van der Waals surface area contributed by atoms with Crippen molar-refractivity contribution in [2.75, 3.05) is 37.0 Å². The van der Waals surface area contributed by atoms with Crippen LogP contribution in [0.4, 0.5) is 11.4 Å². The second-order valence-electron chi connectivity index (χ2n) is 4.12. The van der Waals surface area contributed by atoms with E-state index in [2.05, 4.69) is 17.2 Å². The fourth-order valence-corrected chi connectivity index (χ4v) is 1.66. The van der Waals surface area contributed by atoms with E-state index in [1.165, 1.54) is 6.92 Å². The van der Waals surface area contributed by atoms with Crippen LogP contribution in [0.2, 0.25) is 0 Å². The molecule has 0 aliphatic heterocycles.